The lowest BCUT2D eigenvalue weighted by molar-refractivity contribution is -0.152. The Balaban J connectivity index is 1.64. The molecule has 3 rings (SSSR count). The lowest BCUT2D eigenvalue weighted by Crippen LogP contribution is -2.52. The summed E-state index contributed by atoms with van der Waals surface area (Å²) in [7, 11) is 0. The largest absolute Gasteiger partial charge is 0.479 e. The number of aliphatic carboxylic acids is 1. The molecule has 0 radical (unpaired) electrons. The third-order valence-electron chi connectivity index (χ3n) is 4.79. The average Bonchev–Trinajstić information content (AvgIpc) is 3.24. The molecule has 1 N–H and O–H groups in total. The number of likely N-dealkylation sites (tertiary alicyclic amines) is 1. The highest BCUT2D eigenvalue weighted by Crippen LogP contribution is 2.32. The number of carboxylic acid groups (broad SMARTS) is 1. The van der Waals surface area contributed by atoms with Crippen molar-refractivity contribution < 1.29 is 19.1 Å². The van der Waals surface area contributed by atoms with E-state index in [0.29, 0.717) is 44.6 Å². The maximum atomic E-state index is 12.3. The van der Waals surface area contributed by atoms with E-state index in [1.54, 1.807) is 41.1 Å². The molecule has 1 aliphatic rings. The van der Waals surface area contributed by atoms with Crippen molar-refractivity contribution in [2.24, 2.45) is 0 Å². The first-order valence-electron chi connectivity index (χ1n) is 8.07. The molecule has 1 saturated heterocycles. The minimum Gasteiger partial charge on any atom is -0.479 e. The Morgan fingerprint density at radius 1 is 1.38 bits per heavy atom. The number of aromatic nitrogens is 2. The summed E-state index contributed by atoms with van der Waals surface area (Å²) in [6.45, 7) is 2.66. The van der Waals surface area contributed by atoms with Gasteiger partial charge in [-0.25, -0.2) is 9.78 Å². The number of nitrogens with zero attached hydrogens (tertiary/aromatic N) is 3. The van der Waals surface area contributed by atoms with Crippen molar-refractivity contribution in [1.29, 1.82) is 0 Å². The Morgan fingerprint density at radius 2 is 2.12 bits per heavy atom. The molecule has 128 valence electrons. The molecule has 0 aliphatic carbocycles. The summed E-state index contributed by atoms with van der Waals surface area (Å²) < 4.78 is 6.96. The van der Waals surface area contributed by atoms with Crippen LogP contribution < -0.4 is 0 Å². The fourth-order valence-corrected chi connectivity index (χ4v) is 3.36. The number of carboxylic acids is 1. The summed E-state index contributed by atoms with van der Waals surface area (Å²) in [4.78, 5) is 30.2. The molecular formula is C17H21N3O4. The molecule has 2 aromatic rings. The van der Waals surface area contributed by atoms with Gasteiger partial charge in [-0.05, 0) is 31.9 Å². The minimum absolute atomic E-state index is 0.0349. The van der Waals surface area contributed by atoms with Gasteiger partial charge in [-0.2, -0.15) is 0 Å². The summed E-state index contributed by atoms with van der Waals surface area (Å²) >= 11 is 0. The van der Waals surface area contributed by atoms with Gasteiger partial charge in [0.1, 0.15) is 17.1 Å². The molecule has 7 heteroatoms. The lowest BCUT2D eigenvalue weighted by Gasteiger charge is -2.40. The first-order valence-corrected chi connectivity index (χ1v) is 8.07. The van der Waals surface area contributed by atoms with E-state index in [2.05, 4.69) is 4.98 Å². The lowest BCUT2D eigenvalue weighted by atomic mass is 9.86. The van der Waals surface area contributed by atoms with Crippen molar-refractivity contribution in [3.05, 3.63) is 42.4 Å². The van der Waals surface area contributed by atoms with Gasteiger partial charge in [0.2, 0.25) is 5.91 Å². The molecule has 1 fully saturated rings. The van der Waals surface area contributed by atoms with Gasteiger partial charge in [-0.15, -0.1) is 0 Å². The summed E-state index contributed by atoms with van der Waals surface area (Å²) in [5.74, 6) is 0.628. The average molecular weight is 331 g/mol. The van der Waals surface area contributed by atoms with Gasteiger partial charge >= 0.3 is 5.97 Å². The molecule has 2 aromatic heterocycles. The number of furan rings is 1. The van der Waals surface area contributed by atoms with Crippen LogP contribution in [0.25, 0.3) is 0 Å². The van der Waals surface area contributed by atoms with Crippen molar-refractivity contribution in [3.8, 4) is 0 Å². The van der Waals surface area contributed by atoms with E-state index < -0.39 is 11.5 Å². The molecule has 0 saturated carbocycles. The number of hydrogen-bond donors (Lipinski definition) is 1. The normalized spacial score (nSPS) is 17.0. The van der Waals surface area contributed by atoms with E-state index in [0.717, 1.165) is 5.76 Å². The highest BCUT2D eigenvalue weighted by Gasteiger charge is 2.44. The molecule has 0 spiro atoms. The van der Waals surface area contributed by atoms with Crippen LogP contribution in [-0.2, 0) is 21.5 Å². The predicted molar refractivity (Wildman–Crippen MR) is 85.4 cm³/mol. The molecule has 1 aliphatic heterocycles. The van der Waals surface area contributed by atoms with Gasteiger partial charge < -0.3 is 19.0 Å². The van der Waals surface area contributed by atoms with E-state index in [1.165, 1.54) is 0 Å². The topological polar surface area (TPSA) is 88.6 Å². The Kier molecular flexibility index (Phi) is 4.42. The zero-order valence-electron chi connectivity index (χ0n) is 13.6. The number of carbonyl (C=O) groups excluding carboxylic acids is 1. The quantitative estimate of drug-likeness (QED) is 0.903. The van der Waals surface area contributed by atoms with Crippen LogP contribution in [0.4, 0.5) is 0 Å². The van der Waals surface area contributed by atoms with Gasteiger partial charge in [-0.1, -0.05) is 0 Å². The van der Waals surface area contributed by atoms with E-state index in [4.69, 9.17) is 4.42 Å². The minimum atomic E-state index is -1.02. The van der Waals surface area contributed by atoms with E-state index >= 15 is 0 Å². The second-order valence-electron chi connectivity index (χ2n) is 6.14. The molecule has 1 amide bonds. The first kappa shape index (κ1) is 16.3. The number of carbonyl (C=O) groups is 2. The van der Waals surface area contributed by atoms with Crippen LogP contribution in [0.3, 0.4) is 0 Å². The SMILES string of the molecule is Cc1nccn1C1(C(=O)O)CCN(C(=O)CCc2ccco2)CC1. The maximum Gasteiger partial charge on any atom is 0.330 e. The van der Waals surface area contributed by atoms with Gasteiger partial charge in [0.25, 0.3) is 0 Å². The van der Waals surface area contributed by atoms with Gasteiger partial charge in [0.15, 0.2) is 0 Å². The standard InChI is InChI=1S/C17H21N3O4/c1-13-18-8-11-20(13)17(16(22)23)6-9-19(10-7-17)15(21)5-4-14-3-2-12-24-14/h2-3,8,11-12H,4-7,9-10H2,1H3,(H,22,23). The second kappa shape index (κ2) is 6.51. The van der Waals surface area contributed by atoms with Crippen molar-refractivity contribution in [2.45, 2.75) is 38.1 Å². The van der Waals surface area contributed by atoms with Crippen LogP contribution in [0, 0.1) is 6.92 Å². The number of hydrogen-bond acceptors (Lipinski definition) is 4. The summed E-state index contributed by atoms with van der Waals surface area (Å²) in [5.41, 5.74) is -1.02. The molecule has 0 unspecified atom stereocenters. The van der Waals surface area contributed by atoms with Gasteiger partial charge in [0.05, 0.1) is 6.26 Å². The van der Waals surface area contributed by atoms with Crippen molar-refractivity contribution in [1.82, 2.24) is 14.5 Å². The Labute approximate surface area is 139 Å². The molecule has 0 aromatic carbocycles. The smallest absolute Gasteiger partial charge is 0.330 e. The van der Waals surface area contributed by atoms with E-state index in [1.807, 2.05) is 6.07 Å². The fraction of sp³-hybridized carbons (Fsp3) is 0.471. The zero-order valence-corrected chi connectivity index (χ0v) is 13.6. The summed E-state index contributed by atoms with van der Waals surface area (Å²) in [6.07, 6.45) is 6.61. The molecule has 3 heterocycles. The zero-order chi connectivity index (χ0) is 17.2. The Bertz CT molecular complexity index is 712. The fourth-order valence-electron chi connectivity index (χ4n) is 3.36. The Morgan fingerprint density at radius 3 is 2.67 bits per heavy atom. The second-order valence-corrected chi connectivity index (χ2v) is 6.14. The third kappa shape index (κ3) is 2.93. The first-order chi connectivity index (χ1) is 11.5. The number of piperidine rings is 1. The Hall–Kier alpha value is -2.57. The van der Waals surface area contributed by atoms with Gasteiger partial charge in [-0.3, -0.25) is 4.79 Å². The van der Waals surface area contributed by atoms with Gasteiger partial charge in [0, 0.05) is 38.3 Å². The highest BCUT2D eigenvalue weighted by molar-refractivity contribution is 5.79. The molecule has 0 bridgehead atoms. The van der Waals surface area contributed by atoms with E-state index in [-0.39, 0.29) is 5.91 Å². The van der Waals surface area contributed by atoms with Crippen LogP contribution in [0.2, 0.25) is 0 Å². The van der Waals surface area contributed by atoms with Crippen LogP contribution in [0.1, 0.15) is 30.8 Å². The molecule has 24 heavy (non-hydrogen) atoms. The molecule has 0 atom stereocenters. The molecular weight excluding hydrogens is 310 g/mol. The number of amides is 1. The van der Waals surface area contributed by atoms with Crippen LogP contribution in [-0.4, -0.2) is 44.5 Å². The van der Waals surface area contributed by atoms with Crippen molar-refractivity contribution >= 4 is 11.9 Å². The summed E-state index contributed by atoms with van der Waals surface area (Å²) in [6, 6.07) is 3.65. The van der Waals surface area contributed by atoms with Crippen molar-refractivity contribution in [2.75, 3.05) is 13.1 Å². The number of imidazole rings is 1. The monoisotopic (exact) mass is 331 g/mol. The van der Waals surface area contributed by atoms with E-state index in [9.17, 15) is 14.7 Å². The van der Waals surface area contributed by atoms with Crippen LogP contribution in [0.15, 0.2) is 35.2 Å². The number of rotatable bonds is 5. The summed E-state index contributed by atoms with van der Waals surface area (Å²) in [5, 5.41) is 9.77. The number of aryl methyl sites for hydroxylation is 2. The predicted octanol–water partition coefficient (Wildman–Crippen LogP) is 1.82. The van der Waals surface area contributed by atoms with Crippen molar-refractivity contribution in [3.63, 3.8) is 0 Å². The van der Waals surface area contributed by atoms with Crippen LogP contribution in [0.5, 0.6) is 0 Å². The maximum absolute atomic E-state index is 12.3. The molecule has 7 nitrogen and oxygen atoms in total. The highest BCUT2D eigenvalue weighted by atomic mass is 16.4. The third-order valence-corrected chi connectivity index (χ3v) is 4.79. The van der Waals surface area contributed by atoms with Crippen LogP contribution >= 0.6 is 0 Å².